The molecule has 1 aliphatic carbocycles. The van der Waals surface area contributed by atoms with Crippen molar-refractivity contribution in [2.24, 2.45) is 5.92 Å². The smallest absolute Gasteiger partial charge is 0.253 e. The number of para-hydroxylation sites is 1. The molecule has 130 valence electrons. The van der Waals surface area contributed by atoms with Crippen LogP contribution >= 0.6 is 11.3 Å². The molecule has 0 radical (unpaired) electrons. The lowest BCUT2D eigenvalue weighted by molar-refractivity contribution is 0.0943. The number of aryl methyl sites for hydroxylation is 1. The van der Waals surface area contributed by atoms with Gasteiger partial charge in [-0.2, -0.15) is 0 Å². The van der Waals surface area contributed by atoms with Gasteiger partial charge in [0.1, 0.15) is 0 Å². The van der Waals surface area contributed by atoms with E-state index in [1.165, 1.54) is 16.0 Å². The van der Waals surface area contributed by atoms with E-state index in [1.54, 1.807) is 0 Å². The van der Waals surface area contributed by atoms with Gasteiger partial charge >= 0.3 is 0 Å². The second kappa shape index (κ2) is 6.34. The van der Waals surface area contributed by atoms with Crippen LogP contribution < -0.4 is 10.6 Å². The lowest BCUT2D eigenvalue weighted by Gasteiger charge is -2.38. The number of thiophene rings is 1. The molecule has 0 saturated carbocycles. The molecular weight excluding hydrogens is 328 g/mol. The summed E-state index contributed by atoms with van der Waals surface area (Å²) in [5.41, 5.74) is 4.34. The highest BCUT2D eigenvalue weighted by Crippen LogP contribution is 2.51. The van der Waals surface area contributed by atoms with Gasteiger partial charge in [-0.3, -0.25) is 4.79 Å². The average molecular weight is 353 g/mol. The molecule has 0 saturated heterocycles. The number of anilines is 1. The lowest BCUT2D eigenvalue weighted by atomic mass is 9.77. The van der Waals surface area contributed by atoms with Crippen molar-refractivity contribution in [2.45, 2.75) is 45.2 Å². The van der Waals surface area contributed by atoms with E-state index in [1.807, 2.05) is 37.3 Å². The van der Waals surface area contributed by atoms with Gasteiger partial charge < -0.3 is 10.6 Å². The van der Waals surface area contributed by atoms with Gasteiger partial charge in [0.2, 0.25) is 0 Å². The Morgan fingerprint density at radius 3 is 2.88 bits per heavy atom. The fourth-order valence-electron chi connectivity index (χ4n) is 4.11. The van der Waals surface area contributed by atoms with Crippen LogP contribution in [0.5, 0.6) is 0 Å². The molecular formula is C21H24N2OS. The minimum absolute atomic E-state index is 0.00132. The van der Waals surface area contributed by atoms with Crippen LogP contribution in [0.4, 0.5) is 5.69 Å². The van der Waals surface area contributed by atoms with Crippen LogP contribution in [-0.4, -0.2) is 11.9 Å². The number of allylic oxidation sites excluding steroid dienone is 2. The monoisotopic (exact) mass is 352 g/mol. The van der Waals surface area contributed by atoms with Crippen LogP contribution in [-0.2, 0) is 0 Å². The fraction of sp³-hybridized carbons (Fsp3) is 0.381. The Balaban J connectivity index is 1.79. The molecule has 2 heterocycles. The summed E-state index contributed by atoms with van der Waals surface area (Å²) < 4.78 is 0. The maximum Gasteiger partial charge on any atom is 0.253 e. The summed E-state index contributed by atoms with van der Waals surface area (Å²) in [7, 11) is 0. The Morgan fingerprint density at radius 1 is 1.32 bits per heavy atom. The quantitative estimate of drug-likeness (QED) is 0.762. The van der Waals surface area contributed by atoms with Gasteiger partial charge in [-0.25, -0.2) is 0 Å². The molecule has 0 spiro atoms. The maximum atomic E-state index is 12.7. The second-order valence-corrected chi connectivity index (χ2v) is 8.29. The number of hydrogen-bond acceptors (Lipinski definition) is 3. The third-order valence-electron chi connectivity index (χ3n) is 5.25. The minimum Gasteiger partial charge on any atom is -0.376 e. The number of nitrogens with one attached hydrogen (secondary N) is 2. The first-order valence-electron chi connectivity index (χ1n) is 8.97. The molecule has 1 aliphatic heterocycles. The Kier molecular flexibility index (Phi) is 4.16. The number of rotatable bonds is 3. The van der Waals surface area contributed by atoms with Crippen molar-refractivity contribution in [2.75, 3.05) is 5.32 Å². The number of benzene rings is 1. The van der Waals surface area contributed by atoms with Crippen LogP contribution in [0.1, 0.15) is 58.6 Å². The molecule has 2 aromatic rings. The van der Waals surface area contributed by atoms with Crippen LogP contribution in [0, 0.1) is 12.8 Å². The van der Waals surface area contributed by atoms with E-state index in [2.05, 4.69) is 47.2 Å². The highest BCUT2D eigenvalue weighted by atomic mass is 32.1. The average Bonchev–Trinajstić information content (AvgIpc) is 3.22. The van der Waals surface area contributed by atoms with Gasteiger partial charge in [0.05, 0.1) is 17.3 Å². The van der Waals surface area contributed by atoms with Gasteiger partial charge in [-0.05, 0) is 61.7 Å². The Labute approximate surface area is 153 Å². The van der Waals surface area contributed by atoms with E-state index >= 15 is 0 Å². The van der Waals surface area contributed by atoms with E-state index < -0.39 is 0 Å². The lowest BCUT2D eigenvalue weighted by Crippen LogP contribution is -2.34. The molecule has 25 heavy (non-hydrogen) atoms. The number of carbonyl (C=O) groups is 1. The first-order chi connectivity index (χ1) is 12.1. The van der Waals surface area contributed by atoms with Crippen LogP contribution in [0.3, 0.4) is 0 Å². The van der Waals surface area contributed by atoms with Crippen molar-refractivity contribution in [3.8, 4) is 0 Å². The van der Waals surface area contributed by atoms with Crippen LogP contribution in [0.15, 0.2) is 41.8 Å². The maximum absolute atomic E-state index is 12.7. The molecule has 3 atom stereocenters. The highest BCUT2D eigenvalue weighted by Gasteiger charge is 2.40. The Bertz CT molecular complexity index is 836. The molecule has 3 nitrogen and oxygen atoms in total. The van der Waals surface area contributed by atoms with Crippen molar-refractivity contribution in [3.05, 3.63) is 63.4 Å². The first kappa shape index (κ1) is 16.4. The highest BCUT2D eigenvalue weighted by molar-refractivity contribution is 7.10. The molecule has 4 rings (SSSR count). The summed E-state index contributed by atoms with van der Waals surface area (Å²) in [6.45, 7) is 6.17. The zero-order chi connectivity index (χ0) is 17.6. The van der Waals surface area contributed by atoms with E-state index in [-0.39, 0.29) is 18.0 Å². The molecule has 0 bridgehead atoms. The molecule has 0 fully saturated rings. The van der Waals surface area contributed by atoms with E-state index in [9.17, 15) is 4.79 Å². The summed E-state index contributed by atoms with van der Waals surface area (Å²) >= 11 is 1.81. The van der Waals surface area contributed by atoms with Gasteiger partial charge in [0.15, 0.2) is 0 Å². The minimum atomic E-state index is 0.00132. The largest absolute Gasteiger partial charge is 0.376 e. The molecule has 4 heteroatoms. The number of hydrogen-bond donors (Lipinski definition) is 2. The zero-order valence-corrected chi connectivity index (χ0v) is 15.7. The normalized spacial score (nSPS) is 23.9. The number of carbonyl (C=O) groups excluding carboxylic acids is 1. The first-order valence-corrected chi connectivity index (χ1v) is 9.85. The molecule has 1 aromatic heterocycles. The SMILES string of the molecule is Cc1ccsc1C1Nc2c(C(=O)NC(C)C)cccc2C2C=CCC21. The van der Waals surface area contributed by atoms with Gasteiger partial charge in [-0.15, -0.1) is 11.3 Å². The van der Waals surface area contributed by atoms with Crippen molar-refractivity contribution in [1.82, 2.24) is 5.32 Å². The van der Waals surface area contributed by atoms with E-state index in [0.717, 1.165) is 17.7 Å². The van der Waals surface area contributed by atoms with Crippen molar-refractivity contribution < 1.29 is 4.79 Å². The summed E-state index contributed by atoms with van der Waals surface area (Å²) in [6, 6.07) is 8.68. The molecule has 3 unspecified atom stereocenters. The van der Waals surface area contributed by atoms with E-state index in [4.69, 9.17) is 0 Å². The zero-order valence-electron chi connectivity index (χ0n) is 14.9. The van der Waals surface area contributed by atoms with Crippen LogP contribution in [0.2, 0.25) is 0 Å². The fourth-order valence-corrected chi connectivity index (χ4v) is 5.17. The van der Waals surface area contributed by atoms with Crippen LogP contribution in [0.25, 0.3) is 0 Å². The van der Waals surface area contributed by atoms with Gasteiger partial charge in [-0.1, -0.05) is 24.3 Å². The van der Waals surface area contributed by atoms with Gasteiger partial charge in [0.25, 0.3) is 5.91 Å². The molecule has 2 aliphatic rings. The van der Waals surface area contributed by atoms with E-state index in [0.29, 0.717) is 11.8 Å². The standard InChI is InChI=1S/C21H24N2OS/c1-12(2)22-21(24)17-9-5-7-15-14-6-4-8-16(14)19(23-18(15)17)20-13(3)10-11-25-20/h4-7,9-12,14,16,19,23H,8H2,1-3H3,(H,22,24). The topological polar surface area (TPSA) is 41.1 Å². The van der Waals surface area contributed by atoms with Gasteiger partial charge in [0, 0.05) is 16.8 Å². The molecule has 1 aromatic carbocycles. The Hall–Kier alpha value is -2.07. The van der Waals surface area contributed by atoms with Crippen molar-refractivity contribution in [1.29, 1.82) is 0 Å². The number of amides is 1. The predicted molar refractivity (Wildman–Crippen MR) is 104 cm³/mol. The summed E-state index contributed by atoms with van der Waals surface area (Å²) in [6.07, 6.45) is 5.70. The summed E-state index contributed by atoms with van der Waals surface area (Å²) in [4.78, 5) is 14.1. The number of fused-ring (bicyclic) bond motifs is 3. The van der Waals surface area contributed by atoms with Crippen molar-refractivity contribution in [3.63, 3.8) is 0 Å². The second-order valence-electron chi connectivity index (χ2n) is 7.34. The predicted octanol–water partition coefficient (Wildman–Crippen LogP) is 5.02. The third-order valence-corrected chi connectivity index (χ3v) is 6.35. The summed E-state index contributed by atoms with van der Waals surface area (Å²) in [5, 5.41) is 8.94. The molecule has 1 amide bonds. The van der Waals surface area contributed by atoms with Crippen molar-refractivity contribution >= 4 is 22.9 Å². The Morgan fingerprint density at radius 2 is 2.16 bits per heavy atom. The molecule has 2 N–H and O–H groups in total. The third kappa shape index (κ3) is 2.78. The summed E-state index contributed by atoms with van der Waals surface area (Å²) in [5.74, 6) is 0.907.